The van der Waals surface area contributed by atoms with Crippen molar-refractivity contribution in [2.24, 2.45) is 0 Å². The highest BCUT2D eigenvalue weighted by atomic mass is 19.1. The van der Waals surface area contributed by atoms with Crippen LogP contribution < -0.4 is 15.4 Å². The highest BCUT2D eigenvalue weighted by Crippen LogP contribution is 2.26. The van der Waals surface area contributed by atoms with Crippen LogP contribution in [0.2, 0.25) is 0 Å². The molecule has 34 heavy (non-hydrogen) atoms. The smallest absolute Gasteiger partial charge is 0.224 e. The fourth-order valence-electron chi connectivity index (χ4n) is 3.73. The van der Waals surface area contributed by atoms with E-state index in [0.29, 0.717) is 23.5 Å². The maximum absolute atomic E-state index is 14.7. The van der Waals surface area contributed by atoms with Gasteiger partial charge in [-0.3, -0.25) is 9.69 Å². The molecule has 7 nitrogen and oxygen atoms in total. The molecule has 0 bridgehead atoms. The maximum Gasteiger partial charge on any atom is 0.224 e. The van der Waals surface area contributed by atoms with Gasteiger partial charge in [-0.1, -0.05) is 24.3 Å². The first-order chi connectivity index (χ1) is 16.6. The maximum atomic E-state index is 14.7. The molecule has 4 rings (SSSR count). The number of halogens is 2. The van der Waals surface area contributed by atoms with Gasteiger partial charge in [0.15, 0.2) is 5.82 Å². The molecule has 2 heterocycles. The fourth-order valence-corrected chi connectivity index (χ4v) is 3.73. The number of nitrogens with one attached hydrogen (secondary N) is 2. The molecule has 1 amide bonds. The van der Waals surface area contributed by atoms with E-state index in [-0.39, 0.29) is 30.5 Å². The van der Waals surface area contributed by atoms with Crippen LogP contribution in [-0.4, -0.2) is 60.1 Å². The number of carbonyl (C=O) groups excluding carboxylic acids is 1. The average Bonchev–Trinajstić information content (AvgIpc) is 2.84. The Kier molecular flexibility index (Phi) is 8.11. The van der Waals surface area contributed by atoms with Gasteiger partial charge in [0.05, 0.1) is 13.0 Å². The molecule has 1 saturated heterocycles. The minimum absolute atomic E-state index is 0.0452. The standard InChI is InChI=1S/C25H27F2N5O2/c26-22-16-20(34-14-13-32-11-9-28-10-12-32)5-6-21(22)19-3-1-18(2-4-19)15-25(33)30-17-24-29-8-7-23(27)31-24/h1-8,16,28H,9-15,17H2,(H,30,33). The zero-order valence-corrected chi connectivity index (χ0v) is 18.8. The van der Waals surface area contributed by atoms with Crippen molar-refractivity contribution in [1.29, 1.82) is 0 Å². The molecule has 3 aromatic rings. The second kappa shape index (κ2) is 11.6. The van der Waals surface area contributed by atoms with Gasteiger partial charge in [0, 0.05) is 56.6 Å². The Morgan fingerprint density at radius 3 is 2.62 bits per heavy atom. The molecule has 1 fully saturated rings. The van der Waals surface area contributed by atoms with Gasteiger partial charge in [-0.05, 0) is 23.3 Å². The number of amides is 1. The summed E-state index contributed by atoms with van der Waals surface area (Å²) in [6.07, 6.45) is 1.44. The molecular weight excluding hydrogens is 440 g/mol. The van der Waals surface area contributed by atoms with E-state index in [1.54, 1.807) is 36.4 Å². The summed E-state index contributed by atoms with van der Waals surface area (Å²) in [6, 6.07) is 13.1. The monoisotopic (exact) mass is 467 g/mol. The fraction of sp³-hybridized carbons (Fsp3) is 0.320. The first kappa shape index (κ1) is 23.7. The summed E-state index contributed by atoms with van der Waals surface area (Å²) in [5.74, 6) is -0.534. The molecule has 2 N–H and O–H groups in total. The molecule has 0 atom stereocenters. The topological polar surface area (TPSA) is 79.4 Å². The normalized spacial score (nSPS) is 14.1. The summed E-state index contributed by atoms with van der Waals surface area (Å²) < 4.78 is 33.5. The Hall–Kier alpha value is -3.43. The van der Waals surface area contributed by atoms with E-state index in [1.165, 1.54) is 12.3 Å². The van der Waals surface area contributed by atoms with E-state index in [0.717, 1.165) is 44.4 Å². The Bertz CT molecular complexity index is 1100. The number of piperazine rings is 1. The van der Waals surface area contributed by atoms with Crippen LogP contribution >= 0.6 is 0 Å². The molecule has 0 spiro atoms. The summed E-state index contributed by atoms with van der Waals surface area (Å²) in [5.41, 5.74) is 1.95. The number of hydrogen-bond donors (Lipinski definition) is 2. The molecule has 178 valence electrons. The van der Waals surface area contributed by atoms with Gasteiger partial charge in [0.1, 0.15) is 18.2 Å². The lowest BCUT2D eigenvalue weighted by atomic mass is 10.0. The van der Waals surface area contributed by atoms with Crippen LogP contribution in [0.15, 0.2) is 54.7 Å². The summed E-state index contributed by atoms with van der Waals surface area (Å²) in [6.45, 7) is 5.33. The largest absolute Gasteiger partial charge is 0.492 e. The summed E-state index contributed by atoms with van der Waals surface area (Å²) in [4.78, 5) is 22.0. The number of aromatic nitrogens is 2. The van der Waals surface area contributed by atoms with E-state index < -0.39 is 5.95 Å². The van der Waals surface area contributed by atoms with Crippen molar-refractivity contribution in [3.63, 3.8) is 0 Å². The van der Waals surface area contributed by atoms with Gasteiger partial charge in [-0.25, -0.2) is 14.4 Å². The molecule has 1 aliphatic rings. The Morgan fingerprint density at radius 1 is 1.09 bits per heavy atom. The average molecular weight is 468 g/mol. The van der Waals surface area contributed by atoms with Crippen LogP contribution in [-0.2, 0) is 17.8 Å². The number of carbonyl (C=O) groups is 1. The van der Waals surface area contributed by atoms with Gasteiger partial charge in [-0.2, -0.15) is 4.39 Å². The molecule has 0 radical (unpaired) electrons. The minimum atomic E-state index is -0.642. The third kappa shape index (κ3) is 6.79. The minimum Gasteiger partial charge on any atom is -0.492 e. The first-order valence-electron chi connectivity index (χ1n) is 11.3. The molecule has 0 saturated carbocycles. The third-order valence-electron chi connectivity index (χ3n) is 5.57. The van der Waals surface area contributed by atoms with Gasteiger partial charge in [0.25, 0.3) is 0 Å². The molecule has 2 aromatic carbocycles. The van der Waals surface area contributed by atoms with Crippen molar-refractivity contribution in [2.75, 3.05) is 39.3 Å². The van der Waals surface area contributed by atoms with Crippen LogP contribution in [0.25, 0.3) is 11.1 Å². The van der Waals surface area contributed by atoms with Gasteiger partial charge >= 0.3 is 0 Å². The Balaban J connectivity index is 1.28. The van der Waals surface area contributed by atoms with Crippen molar-refractivity contribution < 1.29 is 18.3 Å². The van der Waals surface area contributed by atoms with E-state index in [9.17, 15) is 13.6 Å². The van der Waals surface area contributed by atoms with E-state index >= 15 is 0 Å². The van der Waals surface area contributed by atoms with E-state index in [2.05, 4.69) is 25.5 Å². The number of nitrogens with zero attached hydrogens (tertiary/aromatic N) is 3. The van der Waals surface area contributed by atoms with Crippen molar-refractivity contribution >= 4 is 5.91 Å². The van der Waals surface area contributed by atoms with Crippen LogP contribution in [0, 0.1) is 11.8 Å². The SMILES string of the molecule is O=C(Cc1ccc(-c2ccc(OCCN3CCNCC3)cc2F)cc1)NCc1nccc(F)n1. The predicted octanol–water partition coefficient (Wildman–Crippen LogP) is 2.56. The Morgan fingerprint density at radius 2 is 1.88 bits per heavy atom. The lowest BCUT2D eigenvalue weighted by molar-refractivity contribution is -0.120. The highest BCUT2D eigenvalue weighted by Gasteiger charge is 2.11. The molecular formula is C25H27F2N5O2. The summed E-state index contributed by atoms with van der Waals surface area (Å²) >= 11 is 0. The second-order valence-electron chi connectivity index (χ2n) is 8.03. The zero-order valence-electron chi connectivity index (χ0n) is 18.8. The third-order valence-corrected chi connectivity index (χ3v) is 5.57. The Labute approximate surface area is 197 Å². The predicted molar refractivity (Wildman–Crippen MR) is 124 cm³/mol. The molecule has 1 aromatic heterocycles. The molecule has 0 aliphatic carbocycles. The first-order valence-corrected chi connectivity index (χ1v) is 11.3. The van der Waals surface area contributed by atoms with Crippen molar-refractivity contribution in [3.05, 3.63) is 77.9 Å². The highest BCUT2D eigenvalue weighted by molar-refractivity contribution is 5.78. The number of rotatable bonds is 9. The summed E-state index contributed by atoms with van der Waals surface area (Å²) in [7, 11) is 0. The zero-order chi connectivity index (χ0) is 23.8. The quantitative estimate of drug-likeness (QED) is 0.471. The molecule has 0 unspecified atom stereocenters. The number of benzene rings is 2. The van der Waals surface area contributed by atoms with Crippen molar-refractivity contribution in [2.45, 2.75) is 13.0 Å². The lowest BCUT2D eigenvalue weighted by Gasteiger charge is -2.26. The lowest BCUT2D eigenvalue weighted by Crippen LogP contribution is -2.44. The van der Waals surface area contributed by atoms with E-state index in [4.69, 9.17) is 4.74 Å². The van der Waals surface area contributed by atoms with Crippen LogP contribution in [0.5, 0.6) is 5.75 Å². The van der Waals surface area contributed by atoms with Crippen LogP contribution in [0.3, 0.4) is 0 Å². The van der Waals surface area contributed by atoms with E-state index in [1.807, 2.05) is 0 Å². The van der Waals surface area contributed by atoms with Crippen LogP contribution in [0.1, 0.15) is 11.4 Å². The molecule has 9 heteroatoms. The van der Waals surface area contributed by atoms with Gasteiger partial charge in [-0.15, -0.1) is 0 Å². The second-order valence-corrected chi connectivity index (χ2v) is 8.03. The van der Waals surface area contributed by atoms with Crippen LogP contribution in [0.4, 0.5) is 8.78 Å². The number of hydrogen-bond acceptors (Lipinski definition) is 6. The van der Waals surface area contributed by atoms with Crippen molar-refractivity contribution in [1.82, 2.24) is 25.5 Å². The van der Waals surface area contributed by atoms with Gasteiger partial charge in [0.2, 0.25) is 11.9 Å². The van der Waals surface area contributed by atoms with Gasteiger partial charge < -0.3 is 15.4 Å². The molecule has 1 aliphatic heterocycles. The number of ether oxygens (including phenoxy) is 1. The van der Waals surface area contributed by atoms with Crippen molar-refractivity contribution in [3.8, 4) is 16.9 Å². The summed E-state index contributed by atoms with van der Waals surface area (Å²) in [5, 5.41) is 5.97.